The van der Waals surface area contributed by atoms with E-state index in [1.807, 2.05) is 6.92 Å². The minimum absolute atomic E-state index is 0.0486. The third-order valence-electron chi connectivity index (χ3n) is 7.98. The van der Waals surface area contributed by atoms with Crippen molar-refractivity contribution in [2.75, 3.05) is 0 Å². The first-order valence-electron chi connectivity index (χ1n) is 9.58. The van der Waals surface area contributed by atoms with Crippen LogP contribution in [-0.4, -0.2) is 35.5 Å². The van der Waals surface area contributed by atoms with Gasteiger partial charge in [0.15, 0.2) is 5.78 Å². The molecule has 4 heteroatoms. The lowest BCUT2D eigenvalue weighted by atomic mass is 9.55. The van der Waals surface area contributed by atoms with E-state index in [1.165, 1.54) is 0 Å². The molecule has 2 bridgehead atoms. The van der Waals surface area contributed by atoms with Crippen LogP contribution in [0.4, 0.5) is 0 Å². The summed E-state index contributed by atoms with van der Waals surface area (Å²) in [6, 6.07) is 0. The van der Waals surface area contributed by atoms with Gasteiger partial charge in [-0.25, -0.2) is 0 Å². The van der Waals surface area contributed by atoms with Gasteiger partial charge in [-0.2, -0.15) is 0 Å². The summed E-state index contributed by atoms with van der Waals surface area (Å²) in [4.78, 5) is 25.1. The van der Waals surface area contributed by atoms with E-state index in [1.54, 1.807) is 0 Å². The molecule has 0 spiro atoms. The highest BCUT2D eigenvalue weighted by atomic mass is 16.6. The Kier molecular flexibility index (Phi) is 3.58. The number of rotatable bonds is 1. The molecular formula is C20H30O4. The van der Waals surface area contributed by atoms with E-state index >= 15 is 0 Å². The first-order valence-corrected chi connectivity index (χ1v) is 9.58. The monoisotopic (exact) mass is 334 g/mol. The van der Waals surface area contributed by atoms with Gasteiger partial charge in [0.1, 0.15) is 12.4 Å². The third kappa shape index (κ3) is 2.33. The Morgan fingerprint density at radius 2 is 1.75 bits per heavy atom. The van der Waals surface area contributed by atoms with Crippen molar-refractivity contribution in [3.8, 4) is 0 Å². The molecule has 2 saturated heterocycles. The fraction of sp³-hybridized carbons (Fsp3) is 0.900. The van der Waals surface area contributed by atoms with Gasteiger partial charge in [0.2, 0.25) is 0 Å². The Balaban J connectivity index is 1.68. The van der Waals surface area contributed by atoms with Gasteiger partial charge in [0.05, 0.1) is 17.3 Å². The standard InChI is InChI=1S/C20H30O4/c1-12-5-6-13-14(11-21)18(12,2)9-10-19(3)15(23-19)7-8-20(4)17(24-20)16(13)22/h11-15,17H,5-10H2,1-4H3/t12-,13-,14+,15-,17-,18+,19+,20-/m1/s1. The second kappa shape index (κ2) is 5.14. The van der Waals surface area contributed by atoms with E-state index in [-0.39, 0.29) is 46.4 Å². The van der Waals surface area contributed by atoms with E-state index in [0.29, 0.717) is 5.92 Å². The molecule has 0 unspecified atom stereocenters. The van der Waals surface area contributed by atoms with Gasteiger partial charge >= 0.3 is 0 Å². The maximum absolute atomic E-state index is 13.1. The highest BCUT2D eigenvalue weighted by Crippen LogP contribution is 2.56. The topological polar surface area (TPSA) is 59.2 Å². The predicted molar refractivity (Wildman–Crippen MR) is 89.6 cm³/mol. The predicted octanol–water partition coefficient (Wildman–Crippen LogP) is 3.31. The van der Waals surface area contributed by atoms with Crippen molar-refractivity contribution in [1.82, 2.24) is 0 Å². The number of aldehydes is 1. The van der Waals surface area contributed by atoms with Gasteiger partial charge in [0.25, 0.3) is 0 Å². The van der Waals surface area contributed by atoms with E-state index in [0.717, 1.165) is 44.8 Å². The Bertz CT molecular complexity index is 574. The molecule has 2 saturated carbocycles. The van der Waals surface area contributed by atoms with Gasteiger partial charge in [-0.05, 0) is 63.7 Å². The van der Waals surface area contributed by atoms with Crippen molar-refractivity contribution in [1.29, 1.82) is 0 Å². The average Bonchev–Trinajstić information content (AvgIpc) is 3.41. The lowest BCUT2D eigenvalue weighted by Gasteiger charge is -2.48. The second-order valence-electron chi connectivity index (χ2n) is 9.42. The molecule has 0 aromatic carbocycles. The quantitative estimate of drug-likeness (QED) is 0.545. The number of Topliss-reactive ketones (excluding diaryl/α,β-unsaturated/α-hetero) is 1. The van der Waals surface area contributed by atoms with E-state index in [2.05, 4.69) is 20.8 Å². The minimum Gasteiger partial charge on any atom is -0.366 e. The van der Waals surface area contributed by atoms with Gasteiger partial charge < -0.3 is 14.3 Å². The summed E-state index contributed by atoms with van der Waals surface area (Å²) < 4.78 is 11.9. The maximum atomic E-state index is 13.1. The number of fused-ring (bicyclic) bond motifs is 4. The fourth-order valence-corrected chi connectivity index (χ4v) is 5.50. The average molecular weight is 334 g/mol. The molecule has 2 aliphatic carbocycles. The molecule has 4 rings (SSSR count). The van der Waals surface area contributed by atoms with Gasteiger partial charge in [0, 0.05) is 11.8 Å². The number of epoxide rings is 2. The molecule has 4 nitrogen and oxygen atoms in total. The number of carbonyl (C=O) groups is 2. The first-order chi connectivity index (χ1) is 11.2. The molecule has 0 amide bonds. The zero-order valence-electron chi connectivity index (χ0n) is 15.3. The van der Waals surface area contributed by atoms with Crippen LogP contribution in [-0.2, 0) is 19.1 Å². The Morgan fingerprint density at radius 1 is 1.00 bits per heavy atom. The maximum Gasteiger partial charge on any atom is 0.168 e. The van der Waals surface area contributed by atoms with Crippen LogP contribution in [0.1, 0.15) is 66.2 Å². The summed E-state index contributed by atoms with van der Waals surface area (Å²) in [6.45, 7) is 8.71. The van der Waals surface area contributed by atoms with Crippen LogP contribution >= 0.6 is 0 Å². The number of ether oxygens (including phenoxy) is 2. The molecule has 134 valence electrons. The third-order valence-corrected chi connectivity index (χ3v) is 7.98. The largest absolute Gasteiger partial charge is 0.366 e. The fourth-order valence-electron chi connectivity index (χ4n) is 5.50. The summed E-state index contributed by atoms with van der Waals surface area (Å²) in [6.07, 6.45) is 6.64. The summed E-state index contributed by atoms with van der Waals surface area (Å²) in [5.41, 5.74) is -0.507. The molecule has 2 aliphatic heterocycles. The lowest BCUT2D eigenvalue weighted by molar-refractivity contribution is -0.138. The SMILES string of the molecule is C[C@@H]1CC[C@H]2C(=O)[C@H]3O[C@]3(C)CC[C@H]3O[C@@]3(C)CC[C@]1(C)[C@H]2C=O. The van der Waals surface area contributed by atoms with Crippen molar-refractivity contribution in [2.45, 2.75) is 89.6 Å². The van der Waals surface area contributed by atoms with Crippen LogP contribution in [0.25, 0.3) is 0 Å². The molecule has 2 heterocycles. The summed E-state index contributed by atoms with van der Waals surface area (Å²) in [5, 5.41) is 0. The van der Waals surface area contributed by atoms with Crippen molar-refractivity contribution < 1.29 is 19.1 Å². The van der Waals surface area contributed by atoms with Crippen LogP contribution in [0.15, 0.2) is 0 Å². The Hall–Kier alpha value is -0.740. The molecule has 0 aromatic heterocycles. The number of carbonyl (C=O) groups excluding carboxylic acids is 2. The van der Waals surface area contributed by atoms with Crippen LogP contribution in [0.3, 0.4) is 0 Å². The first kappa shape index (κ1) is 16.7. The second-order valence-corrected chi connectivity index (χ2v) is 9.42. The minimum atomic E-state index is -0.337. The van der Waals surface area contributed by atoms with Crippen LogP contribution in [0, 0.1) is 23.2 Å². The van der Waals surface area contributed by atoms with Crippen LogP contribution in [0.5, 0.6) is 0 Å². The number of ketones is 1. The summed E-state index contributed by atoms with van der Waals surface area (Å²) >= 11 is 0. The van der Waals surface area contributed by atoms with E-state index < -0.39 is 0 Å². The molecular weight excluding hydrogens is 304 g/mol. The highest BCUT2D eigenvalue weighted by molar-refractivity contribution is 5.91. The smallest absolute Gasteiger partial charge is 0.168 e. The molecule has 4 aliphatic rings. The highest BCUT2D eigenvalue weighted by Gasteiger charge is 2.63. The number of hydrogen-bond donors (Lipinski definition) is 0. The van der Waals surface area contributed by atoms with Crippen molar-refractivity contribution in [3.05, 3.63) is 0 Å². The zero-order valence-corrected chi connectivity index (χ0v) is 15.3. The molecule has 8 atom stereocenters. The van der Waals surface area contributed by atoms with Gasteiger partial charge in [-0.1, -0.05) is 13.8 Å². The van der Waals surface area contributed by atoms with Gasteiger partial charge in [-0.3, -0.25) is 4.79 Å². The lowest BCUT2D eigenvalue weighted by Crippen LogP contribution is -2.48. The van der Waals surface area contributed by atoms with Crippen LogP contribution < -0.4 is 0 Å². The Labute approximate surface area is 144 Å². The molecule has 0 N–H and O–H groups in total. The summed E-state index contributed by atoms with van der Waals surface area (Å²) in [5.74, 6) is 0.265. The van der Waals surface area contributed by atoms with Crippen molar-refractivity contribution >= 4 is 12.1 Å². The number of hydrogen-bond acceptors (Lipinski definition) is 4. The Morgan fingerprint density at radius 3 is 2.46 bits per heavy atom. The van der Waals surface area contributed by atoms with Crippen molar-refractivity contribution in [2.24, 2.45) is 23.2 Å². The molecule has 0 aromatic rings. The molecule has 24 heavy (non-hydrogen) atoms. The summed E-state index contributed by atoms with van der Waals surface area (Å²) in [7, 11) is 0. The molecule has 4 fully saturated rings. The van der Waals surface area contributed by atoms with Crippen molar-refractivity contribution in [3.63, 3.8) is 0 Å². The van der Waals surface area contributed by atoms with E-state index in [4.69, 9.17) is 9.47 Å². The van der Waals surface area contributed by atoms with Gasteiger partial charge in [-0.15, -0.1) is 0 Å². The van der Waals surface area contributed by atoms with E-state index in [9.17, 15) is 9.59 Å². The zero-order chi connectivity index (χ0) is 17.3. The normalized spacial score (nSPS) is 57.0. The molecule has 0 radical (unpaired) electrons. The van der Waals surface area contributed by atoms with Crippen LogP contribution in [0.2, 0.25) is 0 Å².